The zero-order chi connectivity index (χ0) is 27.4. The molecule has 39 heavy (non-hydrogen) atoms. The number of carbonyl (C=O) groups is 1. The van der Waals surface area contributed by atoms with Gasteiger partial charge in [-0.3, -0.25) is 9.69 Å². The third kappa shape index (κ3) is 5.87. The maximum Gasteiger partial charge on any atom is 0.247 e. The molecule has 0 radical (unpaired) electrons. The van der Waals surface area contributed by atoms with E-state index in [1.165, 1.54) is 18.2 Å². The second kappa shape index (κ2) is 11.5. The van der Waals surface area contributed by atoms with Crippen LogP contribution in [0.1, 0.15) is 0 Å². The Morgan fingerprint density at radius 2 is 1.77 bits per heavy atom. The van der Waals surface area contributed by atoms with Crippen molar-refractivity contribution in [2.45, 2.75) is 0 Å². The molecule has 1 saturated heterocycles. The lowest BCUT2D eigenvalue weighted by Crippen LogP contribution is -2.47. The number of rotatable bonds is 8. The van der Waals surface area contributed by atoms with Crippen LogP contribution in [-0.4, -0.2) is 65.2 Å². The summed E-state index contributed by atoms with van der Waals surface area (Å²) in [6.45, 7) is 6.26. The lowest BCUT2D eigenvalue weighted by atomic mass is 10.0. The number of amides is 1. The van der Waals surface area contributed by atoms with Gasteiger partial charge in [0.1, 0.15) is 5.69 Å². The number of hydrogen-bond donors (Lipinski definition) is 3. The van der Waals surface area contributed by atoms with Crippen LogP contribution in [0.15, 0.2) is 73.4 Å². The van der Waals surface area contributed by atoms with Crippen molar-refractivity contribution < 1.29 is 18.7 Å². The van der Waals surface area contributed by atoms with Gasteiger partial charge in [0, 0.05) is 61.2 Å². The Kier molecular flexibility index (Phi) is 7.76. The van der Waals surface area contributed by atoms with Gasteiger partial charge in [-0.05, 0) is 35.9 Å². The van der Waals surface area contributed by atoms with Crippen molar-refractivity contribution in [2.24, 2.45) is 0 Å². The Morgan fingerprint density at radius 1 is 1.03 bits per heavy atom. The van der Waals surface area contributed by atoms with Gasteiger partial charge >= 0.3 is 0 Å². The van der Waals surface area contributed by atoms with Gasteiger partial charge in [0.2, 0.25) is 11.9 Å². The predicted molar refractivity (Wildman–Crippen MR) is 149 cm³/mol. The highest BCUT2D eigenvalue weighted by molar-refractivity contribution is 6.00. The number of aliphatic hydroxyl groups is 1. The number of anilines is 4. The summed E-state index contributed by atoms with van der Waals surface area (Å²) in [4.78, 5) is 24.4. The van der Waals surface area contributed by atoms with Crippen molar-refractivity contribution in [3.8, 4) is 11.1 Å². The average Bonchev–Trinajstić information content (AvgIpc) is 2.93. The molecule has 4 aromatic rings. The van der Waals surface area contributed by atoms with E-state index >= 15 is 8.78 Å². The molecule has 1 amide bonds. The molecule has 0 atom stereocenters. The summed E-state index contributed by atoms with van der Waals surface area (Å²) in [5.41, 5.74) is 3.02. The third-order valence-electron chi connectivity index (χ3n) is 6.62. The molecule has 0 unspecified atom stereocenters. The molecule has 1 aliphatic heterocycles. The second-order valence-electron chi connectivity index (χ2n) is 9.18. The summed E-state index contributed by atoms with van der Waals surface area (Å²) in [6, 6.07) is 15.5. The number of nitrogens with one attached hydrogen (secondary N) is 2. The minimum Gasteiger partial charge on any atom is -0.395 e. The van der Waals surface area contributed by atoms with E-state index in [4.69, 9.17) is 5.11 Å². The van der Waals surface area contributed by atoms with E-state index in [1.807, 2.05) is 36.4 Å². The molecule has 1 aromatic heterocycles. The fourth-order valence-electron chi connectivity index (χ4n) is 4.71. The highest BCUT2D eigenvalue weighted by atomic mass is 19.1. The first-order valence-corrected chi connectivity index (χ1v) is 12.6. The molecule has 0 spiro atoms. The van der Waals surface area contributed by atoms with Gasteiger partial charge < -0.3 is 20.6 Å². The van der Waals surface area contributed by atoms with E-state index in [2.05, 4.69) is 32.1 Å². The molecule has 5 rings (SSSR count). The number of carbonyl (C=O) groups excluding carboxylic acids is 1. The predicted octanol–water partition coefficient (Wildman–Crippen LogP) is 4.56. The molecule has 0 bridgehead atoms. The first-order chi connectivity index (χ1) is 18.9. The number of aromatic nitrogens is 2. The number of piperazine rings is 1. The quantitative estimate of drug-likeness (QED) is 0.288. The van der Waals surface area contributed by atoms with Crippen LogP contribution in [-0.2, 0) is 4.79 Å². The number of halogens is 2. The molecule has 2 heterocycles. The standard InChI is InChI=1S/C29H28F2N6O2/c1-2-26(39)33-21-7-3-5-19(15-21)23-8-4-6-20-18-32-29(35-27(20)23)34-22-16-24(30)28(25(31)17-22)37-11-9-36(10-12-37)13-14-38/h2-8,15-18,38H,1,9-14H2,(H,33,39)(H,32,34,35). The van der Waals surface area contributed by atoms with E-state index < -0.39 is 11.6 Å². The van der Waals surface area contributed by atoms with Crippen LogP contribution in [0.3, 0.4) is 0 Å². The maximum absolute atomic E-state index is 15.1. The Labute approximate surface area is 224 Å². The van der Waals surface area contributed by atoms with Gasteiger partial charge in [0.25, 0.3) is 0 Å². The number of hydrogen-bond acceptors (Lipinski definition) is 7. The van der Waals surface area contributed by atoms with Gasteiger partial charge in [0.05, 0.1) is 12.1 Å². The Balaban J connectivity index is 1.40. The van der Waals surface area contributed by atoms with Crippen LogP contribution in [0, 0.1) is 11.6 Å². The number of benzene rings is 3. The molecule has 0 saturated carbocycles. The van der Waals surface area contributed by atoms with Gasteiger partial charge in [-0.1, -0.05) is 36.9 Å². The fraction of sp³-hybridized carbons (Fsp3) is 0.207. The van der Waals surface area contributed by atoms with E-state index in [9.17, 15) is 4.79 Å². The first kappa shape index (κ1) is 26.2. The van der Waals surface area contributed by atoms with E-state index in [1.54, 1.807) is 17.2 Å². The lowest BCUT2D eigenvalue weighted by Gasteiger charge is -2.36. The van der Waals surface area contributed by atoms with Crippen molar-refractivity contribution in [3.63, 3.8) is 0 Å². The second-order valence-corrected chi connectivity index (χ2v) is 9.18. The van der Waals surface area contributed by atoms with E-state index in [-0.39, 0.29) is 29.8 Å². The zero-order valence-corrected chi connectivity index (χ0v) is 21.2. The highest BCUT2D eigenvalue weighted by Gasteiger charge is 2.23. The molecule has 3 aromatic carbocycles. The zero-order valence-electron chi connectivity index (χ0n) is 21.2. The first-order valence-electron chi connectivity index (χ1n) is 12.6. The molecular formula is C29H28F2N6O2. The number of aliphatic hydroxyl groups excluding tert-OH is 1. The van der Waals surface area contributed by atoms with Crippen molar-refractivity contribution >= 4 is 39.8 Å². The summed E-state index contributed by atoms with van der Waals surface area (Å²) in [6.07, 6.45) is 2.84. The topological polar surface area (TPSA) is 93.6 Å². The summed E-state index contributed by atoms with van der Waals surface area (Å²) in [5, 5.41) is 15.6. The lowest BCUT2D eigenvalue weighted by molar-refractivity contribution is -0.111. The van der Waals surface area contributed by atoms with Gasteiger partial charge in [-0.15, -0.1) is 0 Å². The highest BCUT2D eigenvalue weighted by Crippen LogP contribution is 2.32. The molecule has 0 aliphatic carbocycles. The van der Waals surface area contributed by atoms with Crippen LogP contribution in [0.2, 0.25) is 0 Å². The van der Waals surface area contributed by atoms with Crippen LogP contribution in [0.5, 0.6) is 0 Å². The Bertz CT molecular complexity index is 1500. The summed E-state index contributed by atoms with van der Waals surface area (Å²) in [5.74, 6) is -1.47. The summed E-state index contributed by atoms with van der Waals surface area (Å²) < 4.78 is 30.2. The van der Waals surface area contributed by atoms with Crippen molar-refractivity contribution in [1.82, 2.24) is 14.9 Å². The van der Waals surface area contributed by atoms with Crippen LogP contribution in [0.25, 0.3) is 22.0 Å². The van der Waals surface area contributed by atoms with Crippen molar-refractivity contribution in [1.29, 1.82) is 0 Å². The molecule has 8 nitrogen and oxygen atoms in total. The molecule has 10 heteroatoms. The molecule has 1 aliphatic rings. The number of fused-ring (bicyclic) bond motifs is 1. The van der Waals surface area contributed by atoms with Crippen LogP contribution >= 0.6 is 0 Å². The number of β-amino-alcohol motifs (C(OH)–C–C–N with tert-alkyl or cyclic N) is 1. The van der Waals surface area contributed by atoms with Crippen molar-refractivity contribution in [2.75, 3.05) is 54.9 Å². The smallest absolute Gasteiger partial charge is 0.247 e. The Hall–Kier alpha value is -4.41. The number of para-hydroxylation sites is 1. The summed E-state index contributed by atoms with van der Waals surface area (Å²) in [7, 11) is 0. The Morgan fingerprint density at radius 3 is 2.49 bits per heavy atom. The average molecular weight is 531 g/mol. The van der Waals surface area contributed by atoms with Crippen LogP contribution in [0.4, 0.5) is 31.8 Å². The van der Waals surface area contributed by atoms with Gasteiger partial charge in [0.15, 0.2) is 11.6 Å². The van der Waals surface area contributed by atoms with E-state index in [0.29, 0.717) is 43.9 Å². The van der Waals surface area contributed by atoms with Crippen molar-refractivity contribution in [3.05, 3.63) is 85.1 Å². The molecule has 200 valence electrons. The fourth-order valence-corrected chi connectivity index (χ4v) is 4.71. The van der Waals surface area contributed by atoms with Gasteiger partial charge in [-0.25, -0.2) is 18.7 Å². The largest absolute Gasteiger partial charge is 0.395 e. The molecule has 1 fully saturated rings. The van der Waals surface area contributed by atoms with E-state index in [0.717, 1.165) is 16.5 Å². The third-order valence-corrected chi connectivity index (χ3v) is 6.62. The maximum atomic E-state index is 15.1. The minimum atomic E-state index is -0.673. The monoisotopic (exact) mass is 530 g/mol. The van der Waals surface area contributed by atoms with Gasteiger partial charge in [-0.2, -0.15) is 0 Å². The van der Waals surface area contributed by atoms with Crippen LogP contribution < -0.4 is 15.5 Å². The SMILES string of the molecule is C=CC(=O)Nc1cccc(-c2cccc3cnc(Nc4cc(F)c(N5CCN(CCO)CC5)c(F)c4)nc23)c1. The number of nitrogens with zero attached hydrogens (tertiary/aromatic N) is 4. The molecule has 3 N–H and O–H groups in total. The normalized spacial score (nSPS) is 13.9. The minimum absolute atomic E-state index is 0.0573. The summed E-state index contributed by atoms with van der Waals surface area (Å²) >= 11 is 0. The molecular weight excluding hydrogens is 502 g/mol.